The molecule has 2 heterocycles. The number of alkyl carbamates (subject to hydrolysis) is 1. The van der Waals surface area contributed by atoms with Crippen LogP contribution in [0.1, 0.15) is 18.2 Å². The molecule has 1 aromatic heterocycles. The van der Waals surface area contributed by atoms with Gasteiger partial charge in [0.25, 0.3) is 0 Å². The molecule has 1 fully saturated rings. The summed E-state index contributed by atoms with van der Waals surface area (Å²) in [6.45, 7) is -0.675. The maximum Gasteiger partial charge on any atom is 0.490 e. The molecule has 250 valence electrons. The molecule has 1 saturated heterocycles. The topological polar surface area (TPSA) is 278 Å². The summed E-state index contributed by atoms with van der Waals surface area (Å²) >= 11 is 0. The number of nitrogens with two attached hydrogens (primary N) is 1. The van der Waals surface area contributed by atoms with Gasteiger partial charge in [0.2, 0.25) is 0 Å². The summed E-state index contributed by atoms with van der Waals surface area (Å²) in [5.74, 6) is 5.90. The highest BCUT2D eigenvalue weighted by atomic mass is 33.1. The second-order valence-corrected chi connectivity index (χ2v) is 17.5. The monoisotopic (exact) mass is 762 g/mol. The number of hydrogen-bond acceptors (Lipinski definition) is 17. The summed E-state index contributed by atoms with van der Waals surface area (Å²) < 4.78 is 64.3. The van der Waals surface area contributed by atoms with Gasteiger partial charge in [0, 0.05) is 18.4 Å². The minimum atomic E-state index is -5.73. The van der Waals surface area contributed by atoms with Crippen LogP contribution in [-0.4, -0.2) is 91.4 Å². The number of carbonyl (C=O) groups is 1. The van der Waals surface area contributed by atoms with E-state index in [0.29, 0.717) is 5.75 Å². The first kappa shape index (κ1) is 39.4. The Kier molecular flexibility index (Phi) is 16.6. The molecule has 26 heteroatoms. The average Bonchev–Trinajstić information content (AvgIpc) is 3.29. The Bertz CT molecular complexity index is 1390. The molecule has 19 nitrogen and oxygen atoms in total. The van der Waals surface area contributed by atoms with Gasteiger partial charge in [0.05, 0.1) is 24.8 Å². The number of amides is 1. The van der Waals surface area contributed by atoms with Crippen LogP contribution in [0, 0.1) is 11.8 Å². The van der Waals surface area contributed by atoms with Crippen molar-refractivity contribution in [1.82, 2.24) is 14.9 Å². The predicted molar refractivity (Wildman–Crippen MR) is 164 cm³/mol. The normalized spacial score (nSPS) is 21.1. The summed E-state index contributed by atoms with van der Waals surface area (Å²) in [4.78, 5) is 64.6. The third-order valence-electron chi connectivity index (χ3n) is 4.80. The molecule has 0 spiro atoms. The van der Waals surface area contributed by atoms with E-state index in [0.717, 1.165) is 4.57 Å². The van der Waals surface area contributed by atoms with E-state index >= 15 is 0 Å². The van der Waals surface area contributed by atoms with E-state index in [1.54, 1.807) is 17.0 Å². The van der Waals surface area contributed by atoms with Crippen LogP contribution in [-0.2, 0) is 41.1 Å². The van der Waals surface area contributed by atoms with Gasteiger partial charge in [-0.2, -0.15) is 13.6 Å². The largest absolute Gasteiger partial charge is 0.490 e. The highest BCUT2D eigenvalue weighted by molar-refractivity contribution is 8.76. The van der Waals surface area contributed by atoms with Crippen LogP contribution in [0.2, 0.25) is 0 Å². The first-order chi connectivity index (χ1) is 20.6. The summed E-state index contributed by atoms with van der Waals surface area (Å²) in [6, 6.07) is 0. The fourth-order valence-corrected chi connectivity index (χ4v) is 8.01. The fourth-order valence-electron chi connectivity index (χ4n) is 3.17. The SMILES string of the molecule is CSSCCOC(=O)NCC#Cc1cn([C@H]2C[C@@H](OCSSC)[C@@H](COP(=O)(O)OP(=O)(O)OP(=O)(O)O)O2)c(=O)nc1N. The second kappa shape index (κ2) is 18.5. The number of nitrogens with zero attached hydrogens (tertiary/aromatic N) is 2. The zero-order valence-electron chi connectivity index (χ0n) is 22.8. The quantitative estimate of drug-likeness (QED) is 0.0434. The smallest absolute Gasteiger partial charge is 0.449 e. The van der Waals surface area contributed by atoms with Gasteiger partial charge in [-0.3, -0.25) is 9.09 Å². The van der Waals surface area contributed by atoms with Gasteiger partial charge in [-0.05, 0) is 12.5 Å². The lowest BCUT2D eigenvalue weighted by Crippen LogP contribution is -2.29. The van der Waals surface area contributed by atoms with Crippen molar-refractivity contribution in [2.45, 2.75) is 24.9 Å². The van der Waals surface area contributed by atoms with Crippen molar-refractivity contribution in [2.24, 2.45) is 0 Å². The van der Waals surface area contributed by atoms with Crippen molar-refractivity contribution in [3.63, 3.8) is 0 Å². The Labute approximate surface area is 266 Å². The number of anilines is 1. The summed E-state index contributed by atoms with van der Waals surface area (Å²) in [5.41, 5.74) is 5.13. The van der Waals surface area contributed by atoms with Crippen molar-refractivity contribution >= 4 is 78.6 Å². The maximum absolute atomic E-state index is 12.7. The second-order valence-electron chi connectivity index (χ2n) is 7.87. The van der Waals surface area contributed by atoms with Crippen LogP contribution in [0.4, 0.5) is 10.6 Å². The lowest BCUT2D eigenvalue weighted by atomic mass is 10.2. The van der Waals surface area contributed by atoms with E-state index < -0.39 is 60.3 Å². The number of carbonyl (C=O) groups excluding carboxylic acids is 1. The van der Waals surface area contributed by atoms with Gasteiger partial charge >= 0.3 is 35.3 Å². The van der Waals surface area contributed by atoms with Gasteiger partial charge < -0.3 is 44.8 Å². The molecule has 0 aliphatic carbocycles. The third kappa shape index (κ3) is 14.8. The highest BCUT2D eigenvalue weighted by Crippen LogP contribution is 2.66. The van der Waals surface area contributed by atoms with Crippen LogP contribution < -0.4 is 16.7 Å². The summed E-state index contributed by atoms with van der Waals surface area (Å²) in [7, 11) is -11.0. The molecule has 0 aromatic carbocycles. The van der Waals surface area contributed by atoms with Crippen LogP contribution in [0.25, 0.3) is 0 Å². The lowest BCUT2D eigenvalue weighted by Gasteiger charge is -2.21. The molecule has 1 amide bonds. The zero-order valence-corrected chi connectivity index (χ0v) is 28.7. The standard InChI is InChI=1S/C18H29N4O15P3S4/c1-41-43-7-6-32-18(24)20-5-3-4-12-9-22(17(23)21-16(12)19)15-8-13(33-11-44-42-2)14(35-15)10-34-39(28,29)37-40(30,31)36-38(25,26)27/h9,13-15H,5-8,10-11H2,1-2H3,(H,20,24)(H,28,29)(H,30,31)(H2,19,21,23)(H2,25,26,27)/t13-,14-,15-/m1/s1. The van der Waals surface area contributed by atoms with E-state index in [4.69, 9.17) is 34.3 Å². The first-order valence-electron chi connectivity index (χ1n) is 11.7. The van der Waals surface area contributed by atoms with Crippen molar-refractivity contribution in [1.29, 1.82) is 0 Å². The minimum absolute atomic E-state index is 0.0000408. The van der Waals surface area contributed by atoms with E-state index in [2.05, 4.69) is 30.8 Å². The molecule has 1 aliphatic rings. The Hall–Kier alpha value is -0.760. The highest BCUT2D eigenvalue weighted by Gasteiger charge is 2.43. The Morgan fingerprint density at radius 3 is 2.55 bits per heavy atom. The molecule has 2 unspecified atom stereocenters. The molecule has 1 aliphatic heterocycles. The summed E-state index contributed by atoms with van der Waals surface area (Å²) in [5, 5.41) is 2.44. The van der Waals surface area contributed by atoms with E-state index in [1.807, 2.05) is 6.26 Å². The Morgan fingerprint density at radius 2 is 1.89 bits per heavy atom. The molecule has 44 heavy (non-hydrogen) atoms. The number of aromatic nitrogens is 2. The van der Waals surface area contributed by atoms with Gasteiger partial charge in [-0.15, -0.1) is 0 Å². The molecule has 2 rings (SSSR count). The van der Waals surface area contributed by atoms with Gasteiger partial charge in [0.1, 0.15) is 30.7 Å². The van der Waals surface area contributed by atoms with Crippen LogP contribution >= 0.6 is 66.6 Å². The van der Waals surface area contributed by atoms with Crippen molar-refractivity contribution in [3.05, 3.63) is 22.2 Å². The number of nitrogen functional groups attached to an aromatic ring is 1. The van der Waals surface area contributed by atoms with Crippen molar-refractivity contribution in [2.75, 3.05) is 49.7 Å². The van der Waals surface area contributed by atoms with Gasteiger partial charge in [-0.1, -0.05) is 55.0 Å². The Balaban J connectivity index is 2.13. The molecule has 0 saturated carbocycles. The van der Waals surface area contributed by atoms with E-state index in [9.17, 15) is 33.1 Å². The van der Waals surface area contributed by atoms with Crippen molar-refractivity contribution < 1.29 is 65.4 Å². The Morgan fingerprint density at radius 1 is 1.18 bits per heavy atom. The fraction of sp³-hybridized carbons (Fsp3) is 0.611. The van der Waals surface area contributed by atoms with Gasteiger partial charge in [0.15, 0.2) is 0 Å². The molecule has 0 radical (unpaired) electrons. The lowest BCUT2D eigenvalue weighted by molar-refractivity contribution is -0.0543. The van der Waals surface area contributed by atoms with Crippen LogP contribution in [0.15, 0.2) is 11.0 Å². The molecular weight excluding hydrogens is 733 g/mol. The van der Waals surface area contributed by atoms with E-state index in [1.165, 1.54) is 38.6 Å². The summed E-state index contributed by atoms with van der Waals surface area (Å²) in [6.07, 6.45) is 1.22. The van der Waals surface area contributed by atoms with Gasteiger partial charge in [-0.25, -0.2) is 23.3 Å². The van der Waals surface area contributed by atoms with Crippen molar-refractivity contribution in [3.8, 4) is 11.8 Å². The molecule has 0 bridgehead atoms. The molecule has 7 N–H and O–H groups in total. The predicted octanol–water partition coefficient (Wildman–Crippen LogP) is 1.90. The average molecular weight is 763 g/mol. The molecule has 1 aromatic rings. The number of hydrogen-bond donors (Lipinski definition) is 6. The number of nitrogens with one attached hydrogen (secondary N) is 1. The molecular formula is C18H29N4O15P3S4. The number of phosphoric acid groups is 3. The van der Waals surface area contributed by atoms with Crippen LogP contribution in [0.5, 0.6) is 0 Å². The number of ether oxygens (including phenoxy) is 3. The van der Waals surface area contributed by atoms with Crippen LogP contribution in [0.3, 0.4) is 0 Å². The number of rotatable bonds is 17. The molecule has 5 atom stereocenters. The van der Waals surface area contributed by atoms with E-state index in [-0.39, 0.29) is 36.9 Å². The zero-order chi connectivity index (χ0) is 33.0. The maximum atomic E-state index is 12.7. The third-order valence-corrected chi connectivity index (χ3v) is 11.8. The minimum Gasteiger partial charge on any atom is -0.449 e. The number of phosphoric ester groups is 1. The first-order valence-corrected chi connectivity index (χ1v) is 21.7.